The van der Waals surface area contributed by atoms with Crippen LogP contribution in [0.4, 0.5) is 22.1 Å². The maximum Gasteiger partial charge on any atom is 0.410 e. The van der Waals surface area contributed by atoms with Gasteiger partial charge in [-0.1, -0.05) is 60.7 Å². The summed E-state index contributed by atoms with van der Waals surface area (Å²) in [5, 5.41) is 15.6. The van der Waals surface area contributed by atoms with Gasteiger partial charge < -0.3 is 19.9 Å². The van der Waals surface area contributed by atoms with Crippen molar-refractivity contribution in [3.63, 3.8) is 0 Å². The number of hydrogen-bond donors (Lipinski definition) is 1. The molecule has 1 N–H and O–H groups in total. The number of anilines is 2. The number of hydrogen-bond acceptors (Lipinski definition) is 8. The number of ether oxygens (including phenoxy) is 1. The van der Waals surface area contributed by atoms with Crippen molar-refractivity contribution in [1.82, 2.24) is 14.9 Å². The minimum Gasteiger partial charge on any atom is -0.444 e. The first-order valence-electron chi connectivity index (χ1n) is 12.8. The molecule has 1 amide bonds. The molecule has 1 aromatic heterocycles. The molecule has 2 aromatic carbocycles. The molecule has 38 heavy (non-hydrogen) atoms. The van der Waals surface area contributed by atoms with Crippen molar-refractivity contribution in [3.8, 4) is 0 Å². The van der Waals surface area contributed by atoms with E-state index in [0.717, 1.165) is 24.0 Å². The van der Waals surface area contributed by atoms with E-state index < -0.39 is 16.6 Å². The topological polar surface area (TPSA) is 114 Å². The van der Waals surface area contributed by atoms with Gasteiger partial charge in [0.05, 0.1) is 4.92 Å². The Morgan fingerprint density at radius 2 is 1.68 bits per heavy atom. The fourth-order valence-corrected chi connectivity index (χ4v) is 4.47. The second kappa shape index (κ2) is 11.9. The lowest BCUT2D eigenvalue weighted by Gasteiger charge is -2.34. The molecule has 3 aromatic rings. The smallest absolute Gasteiger partial charge is 0.410 e. The van der Waals surface area contributed by atoms with Gasteiger partial charge in [-0.15, -0.1) is 0 Å². The van der Waals surface area contributed by atoms with Crippen LogP contribution in [0.25, 0.3) is 0 Å². The molecule has 0 saturated carbocycles. The van der Waals surface area contributed by atoms with Crippen LogP contribution < -0.4 is 10.2 Å². The molecule has 10 nitrogen and oxygen atoms in total. The van der Waals surface area contributed by atoms with E-state index in [2.05, 4.69) is 15.3 Å². The summed E-state index contributed by atoms with van der Waals surface area (Å²) in [6, 6.07) is 19.4. The lowest BCUT2D eigenvalue weighted by molar-refractivity contribution is -0.383. The highest BCUT2D eigenvalue weighted by molar-refractivity contribution is 5.71. The van der Waals surface area contributed by atoms with Gasteiger partial charge in [0.1, 0.15) is 11.9 Å². The first-order chi connectivity index (χ1) is 18.2. The highest BCUT2D eigenvalue weighted by Crippen LogP contribution is 2.34. The van der Waals surface area contributed by atoms with E-state index in [9.17, 15) is 14.9 Å². The summed E-state index contributed by atoms with van der Waals surface area (Å²) in [5.74, 6) is 0.377. The molecular weight excluding hydrogens is 484 g/mol. The van der Waals surface area contributed by atoms with Crippen molar-refractivity contribution >= 4 is 23.4 Å². The third kappa shape index (κ3) is 7.18. The van der Waals surface area contributed by atoms with Crippen LogP contribution in [0.2, 0.25) is 0 Å². The largest absolute Gasteiger partial charge is 0.444 e. The predicted molar refractivity (Wildman–Crippen MR) is 146 cm³/mol. The van der Waals surface area contributed by atoms with Crippen LogP contribution >= 0.6 is 0 Å². The van der Waals surface area contributed by atoms with E-state index in [1.54, 1.807) is 4.90 Å². The third-order valence-electron chi connectivity index (χ3n) is 6.13. The summed E-state index contributed by atoms with van der Waals surface area (Å²) in [5.41, 5.74) is 1.23. The van der Waals surface area contributed by atoms with Gasteiger partial charge >= 0.3 is 11.8 Å². The molecule has 10 heteroatoms. The van der Waals surface area contributed by atoms with Crippen LogP contribution in [0.1, 0.15) is 44.7 Å². The molecule has 1 fully saturated rings. The second-order valence-corrected chi connectivity index (χ2v) is 10.4. The number of nitrogens with zero attached hydrogens (tertiary/aromatic N) is 5. The van der Waals surface area contributed by atoms with E-state index in [1.807, 2.05) is 86.3 Å². The first-order valence-corrected chi connectivity index (χ1v) is 12.8. The Labute approximate surface area is 222 Å². The Morgan fingerprint density at radius 1 is 1.08 bits per heavy atom. The van der Waals surface area contributed by atoms with Crippen LogP contribution in [-0.2, 0) is 17.8 Å². The van der Waals surface area contributed by atoms with Crippen molar-refractivity contribution < 1.29 is 14.5 Å². The fourth-order valence-electron chi connectivity index (χ4n) is 4.47. The van der Waals surface area contributed by atoms with Gasteiger partial charge in [-0.3, -0.25) is 10.1 Å². The van der Waals surface area contributed by atoms with Gasteiger partial charge in [0.15, 0.2) is 0 Å². The van der Waals surface area contributed by atoms with Crippen LogP contribution in [0.3, 0.4) is 0 Å². The summed E-state index contributed by atoms with van der Waals surface area (Å²) in [6.45, 7) is 7.29. The monoisotopic (exact) mass is 518 g/mol. The quantitative estimate of drug-likeness (QED) is 0.311. The van der Waals surface area contributed by atoms with E-state index in [-0.39, 0.29) is 23.4 Å². The molecule has 2 heterocycles. The summed E-state index contributed by atoms with van der Waals surface area (Å²) < 4.78 is 5.52. The van der Waals surface area contributed by atoms with Gasteiger partial charge in [-0.25, -0.2) is 14.8 Å². The predicted octanol–water partition coefficient (Wildman–Crippen LogP) is 5.40. The maximum absolute atomic E-state index is 12.6. The van der Waals surface area contributed by atoms with Crippen molar-refractivity contribution in [2.45, 2.75) is 58.3 Å². The molecule has 0 aliphatic carbocycles. The van der Waals surface area contributed by atoms with Crippen LogP contribution in [0, 0.1) is 10.1 Å². The van der Waals surface area contributed by atoms with Crippen molar-refractivity contribution in [2.75, 3.05) is 23.3 Å². The second-order valence-electron chi connectivity index (χ2n) is 10.4. The van der Waals surface area contributed by atoms with Gasteiger partial charge in [0, 0.05) is 32.2 Å². The third-order valence-corrected chi connectivity index (χ3v) is 6.13. The van der Waals surface area contributed by atoms with E-state index >= 15 is 0 Å². The van der Waals surface area contributed by atoms with Gasteiger partial charge in [0.25, 0.3) is 0 Å². The number of nitrogens with one attached hydrogen (secondary N) is 1. The van der Waals surface area contributed by atoms with E-state index in [4.69, 9.17) is 4.74 Å². The summed E-state index contributed by atoms with van der Waals surface area (Å²) in [6.07, 6.45) is 2.45. The zero-order valence-electron chi connectivity index (χ0n) is 22.0. The summed E-state index contributed by atoms with van der Waals surface area (Å²) >= 11 is 0. The average Bonchev–Trinajstić information content (AvgIpc) is 2.88. The van der Waals surface area contributed by atoms with Crippen LogP contribution in [-0.4, -0.2) is 50.6 Å². The number of piperidine rings is 1. The number of carbonyl (C=O) groups excluding carboxylic acids is 1. The van der Waals surface area contributed by atoms with Gasteiger partial charge in [-0.2, -0.15) is 0 Å². The normalized spacial score (nSPS) is 15.6. The average molecular weight is 519 g/mol. The number of nitro groups is 1. The Balaban J connectivity index is 1.61. The lowest BCUT2D eigenvalue weighted by Crippen LogP contribution is -2.47. The fraction of sp³-hybridized carbons (Fsp3) is 0.393. The van der Waals surface area contributed by atoms with Gasteiger partial charge in [0.2, 0.25) is 11.6 Å². The molecule has 4 rings (SSSR count). The zero-order chi connectivity index (χ0) is 27.1. The molecular formula is C28H34N6O4. The number of benzene rings is 2. The highest BCUT2D eigenvalue weighted by Gasteiger charge is 2.32. The van der Waals surface area contributed by atoms with Crippen molar-refractivity contribution in [2.24, 2.45) is 0 Å². The maximum atomic E-state index is 12.6. The number of amides is 1. The molecule has 1 unspecified atom stereocenters. The van der Waals surface area contributed by atoms with Gasteiger partial charge in [-0.05, 0) is 44.7 Å². The molecule has 1 aliphatic heterocycles. The molecule has 1 saturated heterocycles. The molecule has 200 valence electrons. The molecule has 0 radical (unpaired) electrons. The SMILES string of the molecule is CC(C)(C)OC(=O)N1CCCC(Nc2ncnc(N(Cc3ccccc3)Cc3ccccc3)c2[N+](=O)[O-])C1. The Hall–Kier alpha value is -4.21. The number of rotatable bonds is 8. The van der Waals surface area contributed by atoms with E-state index in [0.29, 0.717) is 26.2 Å². The van der Waals surface area contributed by atoms with E-state index in [1.165, 1.54) is 6.33 Å². The Kier molecular flexibility index (Phi) is 8.40. The zero-order valence-corrected chi connectivity index (χ0v) is 22.0. The standard InChI is InChI=1S/C28H34N6O4/c1-28(2,3)38-27(35)32-16-10-15-23(19-32)31-25-24(34(36)37)26(30-20-29-25)33(17-21-11-6-4-7-12-21)18-22-13-8-5-9-14-22/h4-9,11-14,20,23H,10,15-19H2,1-3H3,(H,29,30,31). The first kappa shape index (κ1) is 26.8. The number of carbonyl (C=O) groups is 1. The van der Waals surface area contributed by atoms with Crippen LogP contribution in [0.5, 0.6) is 0 Å². The number of likely N-dealkylation sites (tertiary alicyclic amines) is 1. The van der Waals surface area contributed by atoms with Crippen molar-refractivity contribution in [1.29, 1.82) is 0 Å². The Morgan fingerprint density at radius 3 is 2.24 bits per heavy atom. The molecule has 1 atom stereocenters. The summed E-state index contributed by atoms with van der Waals surface area (Å²) in [4.78, 5) is 36.7. The molecule has 0 spiro atoms. The van der Waals surface area contributed by atoms with Crippen molar-refractivity contribution in [3.05, 3.63) is 88.2 Å². The highest BCUT2D eigenvalue weighted by atomic mass is 16.6. The van der Waals surface area contributed by atoms with Crippen LogP contribution in [0.15, 0.2) is 67.0 Å². The molecule has 1 aliphatic rings. The Bertz CT molecular complexity index is 1190. The minimum atomic E-state index is -0.598. The summed E-state index contributed by atoms with van der Waals surface area (Å²) in [7, 11) is 0. The number of aromatic nitrogens is 2. The minimum absolute atomic E-state index is 0.141. The lowest BCUT2D eigenvalue weighted by atomic mass is 10.1. The molecule has 0 bridgehead atoms.